The van der Waals surface area contributed by atoms with Gasteiger partial charge in [-0.15, -0.1) is 10.2 Å². The van der Waals surface area contributed by atoms with Crippen molar-refractivity contribution in [2.24, 2.45) is 0 Å². The van der Waals surface area contributed by atoms with Gasteiger partial charge in [0, 0.05) is 23.8 Å². The van der Waals surface area contributed by atoms with Crippen LogP contribution in [0.4, 0.5) is 11.5 Å². The van der Waals surface area contributed by atoms with E-state index in [0.29, 0.717) is 22.1 Å². The van der Waals surface area contributed by atoms with Crippen LogP contribution in [0.25, 0.3) is 0 Å². The Morgan fingerprint density at radius 2 is 2.06 bits per heavy atom. The molecule has 0 bridgehead atoms. The predicted molar refractivity (Wildman–Crippen MR) is 136 cm³/mol. The number of hydrogen-bond donors (Lipinski definition) is 3. The van der Waals surface area contributed by atoms with Crippen molar-refractivity contribution in [1.82, 2.24) is 25.3 Å². The SMILES string of the molecule is CNCC(=O)OCc1cccnc1N(C)C(O)OCn1nc(Br)c(C(=O)Nc2ccc(Cl)cc2Cl)n1. The summed E-state index contributed by atoms with van der Waals surface area (Å²) in [5, 5.41) is 24.7. The molecular formula is C21H22BrCl2N7O5. The summed E-state index contributed by atoms with van der Waals surface area (Å²) in [6.45, 7) is -0.265. The van der Waals surface area contributed by atoms with Crippen LogP contribution in [0.1, 0.15) is 16.1 Å². The van der Waals surface area contributed by atoms with E-state index >= 15 is 0 Å². The van der Waals surface area contributed by atoms with Gasteiger partial charge >= 0.3 is 5.97 Å². The van der Waals surface area contributed by atoms with E-state index in [1.165, 1.54) is 17.2 Å². The summed E-state index contributed by atoms with van der Waals surface area (Å²) < 4.78 is 10.8. The van der Waals surface area contributed by atoms with Crippen molar-refractivity contribution in [2.75, 3.05) is 30.9 Å². The van der Waals surface area contributed by atoms with Crippen LogP contribution in [0.15, 0.2) is 41.1 Å². The molecule has 0 aliphatic heterocycles. The van der Waals surface area contributed by atoms with Gasteiger partial charge in [-0.2, -0.15) is 4.80 Å². The number of amides is 1. The zero-order valence-electron chi connectivity index (χ0n) is 19.1. The number of ether oxygens (including phenoxy) is 2. The predicted octanol–water partition coefficient (Wildman–Crippen LogP) is 2.64. The number of aliphatic hydroxyl groups excluding tert-OH is 1. The Morgan fingerprint density at radius 1 is 1.28 bits per heavy atom. The standard InChI is InChI=1S/C21H22BrCl2N7O5/c1-25-9-16(32)35-10-12-4-3-7-26-19(12)30(2)21(34)36-11-31-28-17(18(22)29-31)20(33)27-15-6-5-13(23)8-14(15)24/h3-8,21,25,34H,9-11H2,1-2H3,(H,27,33). The molecule has 36 heavy (non-hydrogen) atoms. The maximum atomic E-state index is 12.6. The van der Waals surface area contributed by atoms with Crippen LogP contribution >= 0.6 is 39.1 Å². The molecule has 2 aromatic heterocycles. The number of halogens is 3. The van der Waals surface area contributed by atoms with Crippen LogP contribution in [0.5, 0.6) is 0 Å². The van der Waals surface area contributed by atoms with E-state index in [9.17, 15) is 14.7 Å². The molecule has 3 rings (SSSR count). The maximum Gasteiger partial charge on any atom is 0.320 e. The second kappa shape index (κ2) is 12.9. The van der Waals surface area contributed by atoms with Crippen molar-refractivity contribution < 1.29 is 24.2 Å². The fourth-order valence-electron chi connectivity index (χ4n) is 2.86. The molecule has 0 saturated carbocycles. The normalized spacial score (nSPS) is 11.7. The van der Waals surface area contributed by atoms with Gasteiger partial charge in [0.05, 0.1) is 17.3 Å². The van der Waals surface area contributed by atoms with E-state index in [0.717, 1.165) is 4.80 Å². The minimum Gasteiger partial charge on any atom is -0.460 e. The lowest BCUT2D eigenvalue weighted by atomic mass is 10.2. The van der Waals surface area contributed by atoms with Crippen LogP contribution in [0.3, 0.4) is 0 Å². The Morgan fingerprint density at radius 3 is 2.78 bits per heavy atom. The van der Waals surface area contributed by atoms with E-state index in [1.54, 1.807) is 38.4 Å². The van der Waals surface area contributed by atoms with Crippen LogP contribution in [-0.4, -0.2) is 64.0 Å². The molecule has 0 aliphatic carbocycles. The molecule has 0 saturated heterocycles. The molecule has 0 fully saturated rings. The van der Waals surface area contributed by atoms with E-state index < -0.39 is 18.3 Å². The summed E-state index contributed by atoms with van der Waals surface area (Å²) in [5.41, 5.74) is 0.887. The highest BCUT2D eigenvalue weighted by molar-refractivity contribution is 9.10. The second-order valence-corrected chi connectivity index (χ2v) is 8.79. The zero-order chi connectivity index (χ0) is 26.2. The molecule has 15 heteroatoms. The molecule has 3 aromatic rings. The first-order chi connectivity index (χ1) is 17.2. The monoisotopic (exact) mass is 601 g/mol. The third-order valence-corrected chi connectivity index (χ3v) is 5.67. The average Bonchev–Trinajstić information content (AvgIpc) is 3.23. The number of likely N-dealkylation sites (N-methyl/N-ethyl adjacent to an activating group) is 1. The second-order valence-electron chi connectivity index (χ2n) is 7.20. The number of hydrogen-bond acceptors (Lipinski definition) is 10. The van der Waals surface area contributed by atoms with Crippen molar-refractivity contribution in [1.29, 1.82) is 0 Å². The Kier molecular flexibility index (Phi) is 9.98. The fraction of sp³-hybridized carbons (Fsp3) is 0.286. The highest BCUT2D eigenvalue weighted by atomic mass is 79.9. The third kappa shape index (κ3) is 7.35. The Balaban J connectivity index is 1.61. The summed E-state index contributed by atoms with van der Waals surface area (Å²) in [4.78, 5) is 30.9. The molecule has 1 atom stereocenters. The van der Waals surface area contributed by atoms with Gasteiger partial charge in [-0.1, -0.05) is 29.3 Å². The van der Waals surface area contributed by atoms with E-state index in [2.05, 4.69) is 41.7 Å². The van der Waals surface area contributed by atoms with E-state index in [4.69, 9.17) is 32.7 Å². The lowest BCUT2D eigenvalue weighted by molar-refractivity contribution is -0.143. The first kappa shape index (κ1) is 27.8. The molecule has 2 heterocycles. The third-order valence-electron chi connectivity index (χ3n) is 4.59. The number of pyridine rings is 1. The number of anilines is 2. The molecule has 0 aliphatic rings. The fourth-order valence-corrected chi connectivity index (χ4v) is 3.76. The maximum absolute atomic E-state index is 12.6. The lowest BCUT2D eigenvalue weighted by Crippen LogP contribution is -2.36. The van der Waals surface area contributed by atoms with Crippen molar-refractivity contribution in [3.63, 3.8) is 0 Å². The molecule has 1 amide bonds. The molecule has 3 N–H and O–H groups in total. The van der Waals surface area contributed by atoms with Gasteiger partial charge in [0.1, 0.15) is 12.4 Å². The number of aliphatic hydroxyl groups is 1. The summed E-state index contributed by atoms with van der Waals surface area (Å²) >= 11 is 15.2. The number of rotatable bonds is 11. The summed E-state index contributed by atoms with van der Waals surface area (Å²) in [5.74, 6) is -0.655. The number of aromatic nitrogens is 4. The number of carbonyl (C=O) groups is 2. The molecule has 1 aromatic carbocycles. The molecule has 1 unspecified atom stereocenters. The Labute approximate surface area is 224 Å². The van der Waals surface area contributed by atoms with Crippen molar-refractivity contribution in [3.8, 4) is 0 Å². The van der Waals surface area contributed by atoms with Gasteiger partial charge in [-0.3, -0.25) is 9.59 Å². The molecule has 0 radical (unpaired) electrons. The van der Waals surface area contributed by atoms with Crippen LogP contribution in [0, 0.1) is 0 Å². The van der Waals surface area contributed by atoms with Gasteiger partial charge < -0.3 is 30.1 Å². The number of benzene rings is 1. The number of esters is 1. The van der Waals surface area contributed by atoms with E-state index in [1.807, 2.05) is 0 Å². The van der Waals surface area contributed by atoms with Gasteiger partial charge in [-0.05, 0) is 47.2 Å². The number of carbonyl (C=O) groups excluding carboxylic acids is 2. The quantitative estimate of drug-likeness (QED) is 0.221. The minimum absolute atomic E-state index is 0.0251. The van der Waals surface area contributed by atoms with Gasteiger partial charge in [0.25, 0.3) is 5.91 Å². The van der Waals surface area contributed by atoms with Gasteiger partial charge in [-0.25, -0.2) is 4.98 Å². The number of nitrogens with zero attached hydrogens (tertiary/aromatic N) is 5. The molecule has 192 valence electrons. The lowest BCUT2D eigenvalue weighted by Gasteiger charge is -2.25. The zero-order valence-corrected chi connectivity index (χ0v) is 22.2. The first-order valence-corrected chi connectivity index (χ1v) is 11.9. The van der Waals surface area contributed by atoms with Gasteiger partial charge in [0.15, 0.2) is 17.0 Å². The number of nitrogens with one attached hydrogen (secondary N) is 2. The average molecular weight is 603 g/mol. The van der Waals surface area contributed by atoms with Crippen LogP contribution in [0.2, 0.25) is 10.0 Å². The smallest absolute Gasteiger partial charge is 0.320 e. The highest BCUT2D eigenvalue weighted by Crippen LogP contribution is 2.26. The Hall–Kier alpha value is -2.81. The first-order valence-electron chi connectivity index (χ1n) is 10.3. The molecule has 12 nitrogen and oxygen atoms in total. The van der Waals surface area contributed by atoms with E-state index in [-0.39, 0.29) is 35.2 Å². The van der Waals surface area contributed by atoms with Gasteiger partial charge in [0.2, 0.25) is 6.41 Å². The molecule has 0 spiro atoms. The van der Waals surface area contributed by atoms with Crippen molar-refractivity contribution >= 4 is 62.5 Å². The summed E-state index contributed by atoms with van der Waals surface area (Å²) in [7, 11) is 3.18. The minimum atomic E-state index is -1.46. The largest absolute Gasteiger partial charge is 0.460 e. The topological polar surface area (TPSA) is 144 Å². The van der Waals surface area contributed by atoms with Crippen LogP contribution in [-0.2, 0) is 27.6 Å². The summed E-state index contributed by atoms with van der Waals surface area (Å²) in [6.07, 6.45) is 0.0724. The Bertz CT molecular complexity index is 1230. The van der Waals surface area contributed by atoms with Crippen molar-refractivity contribution in [2.45, 2.75) is 19.8 Å². The molecular weight excluding hydrogens is 581 g/mol. The summed E-state index contributed by atoms with van der Waals surface area (Å²) in [6, 6.07) is 8.03. The highest BCUT2D eigenvalue weighted by Gasteiger charge is 2.21. The van der Waals surface area contributed by atoms with Crippen LogP contribution < -0.4 is 15.5 Å². The van der Waals surface area contributed by atoms with Crippen molar-refractivity contribution in [3.05, 3.63) is 62.4 Å².